The normalized spacial score (nSPS) is 13.9. The van der Waals surface area contributed by atoms with Gasteiger partial charge in [0.05, 0.1) is 22.5 Å². The fourth-order valence-electron chi connectivity index (χ4n) is 3.32. The predicted octanol–water partition coefficient (Wildman–Crippen LogP) is 2.86. The van der Waals surface area contributed by atoms with Gasteiger partial charge >= 0.3 is 5.97 Å². The summed E-state index contributed by atoms with van der Waals surface area (Å²) in [5.74, 6) is -1.27. The Kier molecular flexibility index (Phi) is 6.60. The van der Waals surface area contributed by atoms with Crippen molar-refractivity contribution in [3.05, 3.63) is 64.2 Å². The Labute approximate surface area is 173 Å². The van der Waals surface area contributed by atoms with Crippen LogP contribution in [0.5, 0.6) is 0 Å². The third kappa shape index (κ3) is 5.11. The molecule has 9 heteroatoms. The van der Waals surface area contributed by atoms with Crippen molar-refractivity contribution in [3.63, 3.8) is 0 Å². The van der Waals surface area contributed by atoms with Gasteiger partial charge in [-0.15, -0.1) is 0 Å². The van der Waals surface area contributed by atoms with E-state index in [-0.39, 0.29) is 11.6 Å². The van der Waals surface area contributed by atoms with E-state index in [4.69, 9.17) is 10.00 Å². The van der Waals surface area contributed by atoms with Crippen LogP contribution in [-0.4, -0.2) is 36.5 Å². The Balaban J connectivity index is 1.47. The van der Waals surface area contributed by atoms with Gasteiger partial charge in [0, 0.05) is 24.8 Å². The first-order valence-corrected chi connectivity index (χ1v) is 9.43. The number of hydrogen-bond donors (Lipinski definition) is 1. The van der Waals surface area contributed by atoms with Crippen LogP contribution in [0.3, 0.4) is 0 Å². The summed E-state index contributed by atoms with van der Waals surface area (Å²) in [6.45, 7) is 0.577. The maximum absolute atomic E-state index is 12.3. The summed E-state index contributed by atoms with van der Waals surface area (Å²) in [6, 6.07) is 14.9. The zero-order chi connectivity index (χ0) is 21.5. The van der Waals surface area contributed by atoms with Gasteiger partial charge in [0.15, 0.2) is 6.61 Å². The highest BCUT2D eigenvalue weighted by Crippen LogP contribution is 2.31. The van der Waals surface area contributed by atoms with Crippen molar-refractivity contribution in [1.29, 1.82) is 5.26 Å². The molecule has 2 aromatic carbocycles. The van der Waals surface area contributed by atoms with E-state index in [9.17, 15) is 19.7 Å². The quantitative estimate of drug-likeness (QED) is 0.442. The number of para-hydroxylation sites is 2. The number of carbonyl (C=O) groups is 2. The number of anilines is 2. The van der Waals surface area contributed by atoms with Crippen molar-refractivity contribution in [2.24, 2.45) is 5.92 Å². The number of nitrogens with zero attached hydrogens (tertiary/aromatic N) is 3. The number of nitro groups is 1. The third-order valence-electron chi connectivity index (χ3n) is 4.89. The number of nitro benzene ring substituents is 1. The van der Waals surface area contributed by atoms with Crippen LogP contribution in [0.1, 0.15) is 18.4 Å². The lowest BCUT2D eigenvalue weighted by Crippen LogP contribution is -2.37. The van der Waals surface area contributed by atoms with Gasteiger partial charge in [-0.05, 0) is 43.2 Å². The van der Waals surface area contributed by atoms with Gasteiger partial charge in [-0.25, -0.2) is 0 Å². The van der Waals surface area contributed by atoms with Crippen molar-refractivity contribution in [2.75, 3.05) is 29.9 Å². The van der Waals surface area contributed by atoms with Gasteiger partial charge in [0.1, 0.15) is 5.69 Å². The highest BCUT2D eigenvalue weighted by Gasteiger charge is 2.29. The molecule has 0 saturated carbocycles. The van der Waals surface area contributed by atoms with Gasteiger partial charge in [-0.1, -0.05) is 12.1 Å². The summed E-state index contributed by atoms with van der Waals surface area (Å²) in [7, 11) is 0. The summed E-state index contributed by atoms with van der Waals surface area (Å²) in [4.78, 5) is 36.9. The molecule has 1 aliphatic heterocycles. The standard InChI is InChI=1S/C21H20N4O5/c22-13-15-5-7-17(8-6-15)23-20(26)14-30-21(27)16-9-11-24(12-10-16)18-3-1-2-4-19(18)25(28)29/h1-8,16H,9-12,14H2,(H,23,26). The minimum absolute atomic E-state index is 0.0398. The summed E-state index contributed by atoms with van der Waals surface area (Å²) < 4.78 is 5.13. The van der Waals surface area contributed by atoms with E-state index in [2.05, 4.69) is 5.32 Å². The van der Waals surface area contributed by atoms with Crippen LogP contribution in [0, 0.1) is 27.4 Å². The van der Waals surface area contributed by atoms with Gasteiger partial charge in [-0.2, -0.15) is 5.26 Å². The van der Waals surface area contributed by atoms with E-state index in [0.717, 1.165) is 0 Å². The van der Waals surface area contributed by atoms with Gasteiger partial charge in [0.2, 0.25) is 0 Å². The van der Waals surface area contributed by atoms with Crippen molar-refractivity contribution in [1.82, 2.24) is 0 Å². The summed E-state index contributed by atoms with van der Waals surface area (Å²) in [5, 5.41) is 22.6. The van der Waals surface area contributed by atoms with Crippen molar-refractivity contribution < 1.29 is 19.2 Å². The Morgan fingerprint density at radius 2 is 1.83 bits per heavy atom. The van der Waals surface area contributed by atoms with Crippen LogP contribution in [0.2, 0.25) is 0 Å². The van der Waals surface area contributed by atoms with Gasteiger partial charge in [0.25, 0.3) is 11.6 Å². The number of esters is 1. The van der Waals surface area contributed by atoms with Crippen molar-refractivity contribution in [3.8, 4) is 6.07 Å². The average molecular weight is 408 g/mol. The molecule has 0 aromatic heterocycles. The molecule has 1 aliphatic rings. The Hall–Kier alpha value is -3.93. The molecule has 0 aliphatic carbocycles. The largest absolute Gasteiger partial charge is 0.455 e. The number of nitrogens with one attached hydrogen (secondary N) is 1. The van der Waals surface area contributed by atoms with Crippen molar-refractivity contribution in [2.45, 2.75) is 12.8 Å². The molecule has 1 amide bonds. The number of nitriles is 1. The summed E-state index contributed by atoms with van der Waals surface area (Å²) >= 11 is 0. The van der Waals surface area contributed by atoms with E-state index in [1.54, 1.807) is 42.5 Å². The Morgan fingerprint density at radius 3 is 2.47 bits per heavy atom. The van der Waals surface area contributed by atoms with E-state index in [0.29, 0.717) is 42.9 Å². The summed E-state index contributed by atoms with van der Waals surface area (Å²) in [6.07, 6.45) is 0.976. The second kappa shape index (κ2) is 9.52. The molecule has 1 heterocycles. The monoisotopic (exact) mass is 408 g/mol. The molecule has 0 atom stereocenters. The van der Waals surface area contributed by atoms with Crippen molar-refractivity contribution >= 4 is 28.9 Å². The lowest BCUT2D eigenvalue weighted by molar-refractivity contribution is -0.384. The molecule has 1 N–H and O–H groups in total. The molecule has 0 radical (unpaired) electrons. The number of carbonyl (C=O) groups excluding carboxylic acids is 2. The fourth-order valence-corrected chi connectivity index (χ4v) is 3.32. The van der Waals surface area contributed by atoms with Crippen LogP contribution in [-0.2, 0) is 14.3 Å². The molecule has 9 nitrogen and oxygen atoms in total. The number of hydrogen-bond acceptors (Lipinski definition) is 7. The average Bonchev–Trinajstić information content (AvgIpc) is 2.78. The number of ether oxygens (including phenoxy) is 1. The second-order valence-electron chi connectivity index (χ2n) is 6.85. The molecule has 0 bridgehead atoms. The molecule has 2 aromatic rings. The van der Waals surface area contributed by atoms with Crippen LogP contribution < -0.4 is 10.2 Å². The first kappa shape index (κ1) is 20.8. The van der Waals surface area contributed by atoms with E-state index < -0.39 is 23.4 Å². The van der Waals surface area contributed by atoms with E-state index in [1.165, 1.54) is 6.07 Å². The minimum atomic E-state index is -0.467. The second-order valence-corrected chi connectivity index (χ2v) is 6.85. The lowest BCUT2D eigenvalue weighted by Gasteiger charge is -2.32. The molecule has 30 heavy (non-hydrogen) atoms. The molecule has 0 spiro atoms. The Bertz CT molecular complexity index is 976. The predicted molar refractivity (Wildman–Crippen MR) is 109 cm³/mol. The molecule has 0 unspecified atom stereocenters. The Morgan fingerprint density at radius 1 is 1.17 bits per heavy atom. The topological polar surface area (TPSA) is 126 Å². The van der Waals surface area contributed by atoms with Crippen LogP contribution in [0.25, 0.3) is 0 Å². The fraction of sp³-hybridized carbons (Fsp3) is 0.286. The molecular formula is C21H20N4O5. The number of amides is 1. The maximum Gasteiger partial charge on any atom is 0.309 e. The maximum atomic E-state index is 12.3. The molecular weight excluding hydrogens is 388 g/mol. The van der Waals surface area contributed by atoms with Crippen LogP contribution in [0.15, 0.2) is 48.5 Å². The molecule has 1 fully saturated rings. The molecule has 1 saturated heterocycles. The number of rotatable bonds is 6. The SMILES string of the molecule is N#Cc1ccc(NC(=O)COC(=O)C2CCN(c3ccccc3[N+](=O)[O-])CC2)cc1. The first-order valence-electron chi connectivity index (χ1n) is 9.43. The number of piperidine rings is 1. The molecule has 3 rings (SSSR count). The van der Waals surface area contributed by atoms with Gasteiger partial charge in [-0.3, -0.25) is 19.7 Å². The van der Waals surface area contributed by atoms with Crippen LogP contribution in [0.4, 0.5) is 17.1 Å². The van der Waals surface area contributed by atoms with E-state index >= 15 is 0 Å². The zero-order valence-electron chi connectivity index (χ0n) is 16.1. The highest BCUT2D eigenvalue weighted by atomic mass is 16.6. The van der Waals surface area contributed by atoms with Crippen LogP contribution >= 0.6 is 0 Å². The first-order chi connectivity index (χ1) is 14.5. The third-order valence-corrected chi connectivity index (χ3v) is 4.89. The molecule has 154 valence electrons. The minimum Gasteiger partial charge on any atom is -0.455 e. The zero-order valence-corrected chi connectivity index (χ0v) is 16.1. The summed E-state index contributed by atoms with van der Waals surface area (Å²) in [5.41, 5.74) is 1.56. The smallest absolute Gasteiger partial charge is 0.309 e. The van der Waals surface area contributed by atoms with E-state index in [1.807, 2.05) is 11.0 Å². The highest BCUT2D eigenvalue weighted by molar-refractivity contribution is 5.93. The lowest BCUT2D eigenvalue weighted by atomic mass is 9.96. The number of benzene rings is 2. The van der Waals surface area contributed by atoms with Gasteiger partial charge < -0.3 is 15.0 Å².